The first-order chi connectivity index (χ1) is 11.4. The molecule has 0 bridgehead atoms. The molecule has 1 amide bonds. The Balaban J connectivity index is 2.25. The van der Waals surface area contributed by atoms with Crippen molar-refractivity contribution in [2.45, 2.75) is 45.9 Å². The maximum absolute atomic E-state index is 12.7. The molecule has 0 spiro atoms. The Bertz CT molecular complexity index is 905. The first kappa shape index (κ1) is 19.9. The Morgan fingerprint density at radius 3 is 1.88 bits per heavy atom. The molecule has 1 aliphatic rings. The van der Waals surface area contributed by atoms with Gasteiger partial charge in [-0.25, -0.2) is 16.8 Å². The minimum atomic E-state index is -3.97. The van der Waals surface area contributed by atoms with Gasteiger partial charge in [-0.3, -0.25) is 10.2 Å². The van der Waals surface area contributed by atoms with E-state index >= 15 is 0 Å². The number of nitrogens with one attached hydrogen (secondary N) is 2. The number of amides is 1. The van der Waals surface area contributed by atoms with Crippen molar-refractivity contribution in [3.8, 4) is 0 Å². The largest absolute Gasteiger partial charge is 0.277 e. The lowest BCUT2D eigenvalue weighted by molar-refractivity contribution is -0.124. The second-order valence-corrected chi connectivity index (χ2v) is 10.5. The summed E-state index contributed by atoms with van der Waals surface area (Å²) in [5, 5.41) is 0. The molecule has 1 atom stereocenters. The van der Waals surface area contributed by atoms with E-state index in [0.717, 1.165) is 16.7 Å². The topological polar surface area (TPSA) is 109 Å². The molecule has 1 fully saturated rings. The van der Waals surface area contributed by atoms with Gasteiger partial charge in [-0.15, -0.1) is 4.83 Å². The van der Waals surface area contributed by atoms with Gasteiger partial charge in [0.25, 0.3) is 10.0 Å². The van der Waals surface area contributed by atoms with Crippen molar-refractivity contribution in [2.24, 2.45) is 5.92 Å². The lowest BCUT2D eigenvalue weighted by Crippen LogP contribution is -2.45. The van der Waals surface area contributed by atoms with Crippen molar-refractivity contribution in [1.29, 1.82) is 0 Å². The van der Waals surface area contributed by atoms with Gasteiger partial charge in [-0.05, 0) is 68.9 Å². The summed E-state index contributed by atoms with van der Waals surface area (Å²) < 4.78 is 48.3. The van der Waals surface area contributed by atoms with Crippen molar-refractivity contribution < 1.29 is 21.6 Å². The van der Waals surface area contributed by atoms with E-state index in [1.54, 1.807) is 13.8 Å². The van der Waals surface area contributed by atoms with Crippen LogP contribution in [0.15, 0.2) is 4.90 Å². The van der Waals surface area contributed by atoms with Gasteiger partial charge in [0.05, 0.1) is 22.3 Å². The Hall–Kier alpha value is -1.45. The smallest absolute Gasteiger partial charge is 0.257 e. The van der Waals surface area contributed by atoms with Gasteiger partial charge in [0.15, 0.2) is 9.84 Å². The van der Waals surface area contributed by atoms with Crippen LogP contribution in [0, 0.1) is 40.5 Å². The molecule has 1 aliphatic heterocycles. The van der Waals surface area contributed by atoms with Crippen LogP contribution < -0.4 is 10.3 Å². The zero-order valence-corrected chi connectivity index (χ0v) is 16.7. The van der Waals surface area contributed by atoms with Gasteiger partial charge in [0.1, 0.15) is 0 Å². The van der Waals surface area contributed by atoms with Crippen LogP contribution in [0.25, 0.3) is 0 Å². The molecule has 1 saturated heterocycles. The lowest BCUT2D eigenvalue weighted by Gasteiger charge is -2.19. The van der Waals surface area contributed by atoms with Gasteiger partial charge in [-0.2, -0.15) is 0 Å². The molecule has 1 aromatic carbocycles. The molecule has 25 heavy (non-hydrogen) atoms. The van der Waals surface area contributed by atoms with Crippen LogP contribution in [-0.2, 0) is 24.7 Å². The fourth-order valence-corrected chi connectivity index (χ4v) is 6.33. The van der Waals surface area contributed by atoms with E-state index in [-0.39, 0.29) is 22.8 Å². The lowest BCUT2D eigenvalue weighted by atomic mass is 9.95. The summed E-state index contributed by atoms with van der Waals surface area (Å²) in [6.07, 6.45) is 0.205. The first-order valence-corrected chi connectivity index (χ1v) is 11.3. The van der Waals surface area contributed by atoms with Crippen molar-refractivity contribution in [1.82, 2.24) is 10.3 Å². The highest BCUT2D eigenvalue weighted by Gasteiger charge is 2.34. The number of hydrogen-bond acceptors (Lipinski definition) is 5. The molecule has 0 unspecified atom stereocenters. The Morgan fingerprint density at radius 2 is 1.44 bits per heavy atom. The number of sulfone groups is 1. The molecule has 140 valence electrons. The van der Waals surface area contributed by atoms with Gasteiger partial charge >= 0.3 is 0 Å². The molecule has 0 aliphatic carbocycles. The van der Waals surface area contributed by atoms with Crippen LogP contribution in [0.2, 0.25) is 0 Å². The van der Waals surface area contributed by atoms with E-state index < -0.39 is 31.7 Å². The van der Waals surface area contributed by atoms with Crippen LogP contribution in [0.1, 0.15) is 34.2 Å². The van der Waals surface area contributed by atoms with Crippen LogP contribution >= 0.6 is 0 Å². The summed E-state index contributed by atoms with van der Waals surface area (Å²) >= 11 is 0. The van der Waals surface area contributed by atoms with Gasteiger partial charge < -0.3 is 0 Å². The quantitative estimate of drug-likeness (QED) is 0.747. The van der Waals surface area contributed by atoms with E-state index in [0.29, 0.717) is 11.1 Å². The summed E-state index contributed by atoms with van der Waals surface area (Å²) in [7, 11) is -7.18. The fourth-order valence-electron chi connectivity index (χ4n) is 3.14. The molecule has 1 aromatic rings. The average molecular weight is 389 g/mol. The standard InChI is InChI=1S/C16H24N2O5S2/c1-9-10(2)12(4)15(13(5)11(9)3)25(22,23)18-17-16(19)14-6-7-24(20,21)8-14/h14,18H,6-8H2,1-5H3,(H,17,19)/t14-/m1/s1. The number of benzene rings is 1. The van der Waals surface area contributed by atoms with Crippen LogP contribution in [0.3, 0.4) is 0 Å². The predicted molar refractivity (Wildman–Crippen MR) is 95.4 cm³/mol. The molecule has 7 nitrogen and oxygen atoms in total. The molecular formula is C16H24N2O5S2. The minimum absolute atomic E-state index is 0.0492. The van der Waals surface area contributed by atoms with Crippen molar-refractivity contribution in [3.63, 3.8) is 0 Å². The number of carbonyl (C=O) groups is 1. The molecule has 0 radical (unpaired) electrons. The third-order valence-electron chi connectivity index (χ3n) is 5.11. The molecule has 2 N–H and O–H groups in total. The number of rotatable bonds is 4. The summed E-state index contributed by atoms with van der Waals surface area (Å²) in [5.74, 6) is -1.65. The van der Waals surface area contributed by atoms with Gasteiger partial charge in [-0.1, -0.05) is 0 Å². The van der Waals surface area contributed by atoms with Crippen molar-refractivity contribution in [3.05, 3.63) is 27.8 Å². The Kier molecular flexibility index (Phi) is 5.32. The van der Waals surface area contributed by atoms with E-state index in [1.165, 1.54) is 0 Å². The second kappa shape index (κ2) is 6.69. The highest BCUT2D eigenvalue weighted by atomic mass is 32.2. The van der Waals surface area contributed by atoms with Gasteiger partial charge in [0.2, 0.25) is 5.91 Å². The Labute approximate surface area is 149 Å². The maximum atomic E-state index is 12.7. The SMILES string of the molecule is Cc1c(C)c(C)c(S(=O)(=O)NNC(=O)[C@@H]2CCS(=O)(=O)C2)c(C)c1C. The van der Waals surface area contributed by atoms with E-state index in [9.17, 15) is 21.6 Å². The first-order valence-electron chi connectivity index (χ1n) is 7.96. The molecule has 2 rings (SSSR count). The monoisotopic (exact) mass is 388 g/mol. The second-order valence-electron chi connectivity index (χ2n) is 6.65. The molecule has 0 saturated carbocycles. The number of hydrogen-bond donors (Lipinski definition) is 2. The minimum Gasteiger partial charge on any atom is -0.277 e. The molecular weight excluding hydrogens is 364 g/mol. The third-order valence-corrected chi connectivity index (χ3v) is 8.40. The van der Waals surface area contributed by atoms with Gasteiger partial charge in [0, 0.05) is 0 Å². The number of carbonyl (C=O) groups excluding carboxylic acids is 1. The predicted octanol–water partition coefficient (Wildman–Crippen LogP) is 0.973. The normalized spacial score (nSPS) is 19.8. The molecule has 0 aromatic heterocycles. The van der Waals surface area contributed by atoms with E-state index in [2.05, 4.69) is 10.3 Å². The number of hydrazine groups is 1. The van der Waals surface area contributed by atoms with Crippen LogP contribution in [0.5, 0.6) is 0 Å². The molecule has 1 heterocycles. The highest BCUT2D eigenvalue weighted by molar-refractivity contribution is 7.91. The Morgan fingerprint density at radius 1 is 0.960 bits per heavy atom. The summed E-state index contributed by atoms with van der Waals surface area (Å²) in [6.45, 7) is 9.12. The van der Waals surface area contributed by atoms with E-state index in [4.69, 9.17) is 0 Å². The molecule has 9 heteroatoms. The zero-order chi connectivity index (χ0) is 19.2. The van der Waals surface area contributed by atoms with E-state index in [1.807, 2.05) is 20.8 Å². The van der Waals surface area contributed by atoms with Crippen LogP contribution in [0.4, 0.5) is 0 Å². The highest BCUT2D eigenvalue weighted by Crippen LogP contribution is 2.29. The van der Waals surface area contributed by atoms with Crippen molar-refractivity contribution >= 4 is 25.8 Å². The zero-order valence-electron chi connectivity index (χ0n) is 15.1. The van der Waals surface area contributed by atoms with Crippen molar-refractivity contribution in [2.75, 3.05) is 11.5 Å². The fraction of sp³-hybridized carbons (Fsp3) is 0.562. The average Bonchev–Trinajstić information content (AvgIpc) is 2.89. The number of sulfonamides is 1. The summed E-state index contributed by atoms with van der Waals surface area (Å²) in [5.41, 5.74) is 6.24. The third kappa shape index (κ3) is 3.88. The van der Waals surface area contributed by atoms with Crippen LogP contribution in [-0.4, -0.2) is 34.2 Å². The summed E-state index contributed by atoms with van der Waals surface area (Å²) in [6, 6.07) is 0. The maximum Gasteiger partial charge on any atom is 0.257 e. The summed E-state index contributed by atoms with van der Waals surface area (Å²) in [4.78, 5) is 14.3.